The first-order valence-corrected chi connectivity index (χ1v) is 7.60. The van der Waals surface area contributed by atoms with Crippen molar-refractivity contribution < 1.29 is 8.42 Å². The predicted octanol–water partition coefficient (Wildman–Crippen LogP) is 3.12. The summed E-state index contributed by atoms with van der Waals surface area (Å²) in [7, 11) is 1.68. The third-order valence-electron chi connectivity index (χ3n) is 1.36. The SMILES string of the molecule is O=S(=O)(Cl)Cc1cccc(Br)c1I. The summed E-state index contributed by atoms with van der Waals surface area (Å²) in [5.41, 5.74) is 0.713. The average molecular weight is 395 g/mol. The molecule has 0 aromatic heterocycles. The topological polar surface area (TPSA) is 34.1 Å². The smallest absolute Gasteiger partial charge is 0.212 e. The fourth-order valence-corrected chi connectivity index (χ4v) is 3.03. The van der Waals surface area contributed by atoms with Crippen molar-refractivity contribution in [1.29, 1.82) is 0 Å². The molecule has 0 bridgehead atoms. The highest BCUT2D eigenvalue weighted by molar-refractivity contribution is 14.1. The third kappa shape index (κ3) is 3.73. The van der Waals surface area contributed by atoms with Gasteiger partial charge in [-0.05, 0) is 50.2 Å². The van der Waals surface area contributed by atoms with Crippen molar-refractivity contribution in [2.75, 3.05) is 0 Å². The number of rotatable bonds is 2. The molecular formula is C7H5BrClIO2S. The van der Waals surface area contributed by atoms with E-state index in [1.807, 2.05) is 6.07 Å². The zero-order valence-corrected chi connectivity index (χ0v) is 11.6. The largest absolute Gasteiger partial charge is 0.236 e. The Hall–Kier alpha value is 0.670. The summed E-state index contributed by atoms with van der Waals surface area (Å²) in [4.78, 5) is 0. The first kappa shape index (κ1) is 11.7. The maximum absolute atomic E-state index is 10.8. The summed E-state index contributed by atoms with van der Waals surface area (Å²) < 4.78 is 23.4. The summed E-state index contributed by atoms with van der Waals surface area (Å²) in [5, 5.41) is 0. The fourth-order valence-electron chi connectivity index (χ4n) is 0.846. The summed E-state index contributed by atoms with van der Waals surface area (Å²) in [6.07, 6.45) is 0. The molecule has 0 atom stereocenters. The van der Waals surface area contributed by atoms with Gasteiger partial charge in [0.2, 0.25) is 9.05 Å². The molecule has 0 aliphatic heterocycles. The number of benzene rings is 1. The molecule has 0 saturated carbocycles. The molecule has 0 aliphatic rings. The molecule has 72 valence electrons. The van der Waals surface area contributed by atoms with E-state index in [0.717, 1.165) is 8.04 Å². The Labute approximate surface area is 103 Å². The molecule has 0 amide bonds. The van der Waals surface area contributed by atoms with Gasteiger partial charge in [0.25, 0.3) is 0 Å². The van der Waals surface area contributed by atoms with Crippen LogP contribution in [-0.2, 0) is 14.8 Å². The standard InChI is InChI=1S/C7H5BrClIO2S/c8-6-3-1-2-5(7(6)10)4-13(9,11)12/h1-3H,4H2. The quantitative estimate of drug-likeness (QED) is 0.570. The van der Waals surface area contributed by atoms with Gasteiger partial charge in [-0.1, -0.05) is 12.1 Å². The van der Waals surface area contributed by atoms with E-state index in [1.54, 1.807) is 12.1 Å². The van der Waals surface area contributed by atoms with Gasteiger partial charge < -0.3 is 0 Å². The van der Waals surface area contributed by atoms with Crippen LogP contribution in [0.3, 0.4) is 0 Å². The molecule has 0 N–H and O–H groups in total. The maximum atomic E-state index is 10.8. The van der Waals surface area contributed by atoms with Crippen LogP contribution in [0, 0.1) is 3.57 Å². The Morgan fingerprint density at radius 3 is 2.62 bits per heavy atom. The second-order valence-electron chi connectivity index (χ2n) is 2.40. The second kappa shape index (κ2) is 4.46. The molecule has 0 heterocycles. The molecular weight excluding hydrogens is 390 g/mol. The highest BCUT2D eigenvalue weighted by atomic mass is 127. The summed E-state index contributed by atoms with van der Waals surface area (Å²) in [6.45, 7) is 0. The van der Waals surface area contributed by atoms with Crippen LogP contribution < -0.4 is 0 Å². The maximum Gasteiger partial charge on any atom is 0.236 e. The zero-order chi connectivity index (χ0) is 10.1. The lowest BCUT2D eigenvalue weighted by atomic mass is 10.2. The second-order valence-corrected chi connectivity index (χ2v) is 7.11. The Morgan fingerprint density at radius 2 is 2.08 bits per heavy atom. The molecule has 0 aliphatic carbocycles. The van der Waals surface area contributed by atoms with Gasteiger partial charge in [-0.2, -0.15) is 0 Å². The normalized spacial score (nSPS) is 11.6. The monoisotopic (exact) mass is 394 g/mol. The lowest BCUT2D eigenvalue weighted by Gasteiger charge is -2.03. The van der Waals surface area contributed by atoms with Crippen LogP contribution in [0.1, 0.15) is 5.56 Å². The van der Waals surface area contributed by atoms with E-state index in [2.05, 4.69) is 38.5 Å². The minimum Gasteiger partial charge on any atom is -0.212 e. The van der Waals surface area contributed by atoms with E-state index >= 15 is 0 Å². The van der Waals surface area contributed by atoms with E-state index in [1.165, 1.54) is 0 Å². The van der Waals surface area contributed by atoms with Crippen LogP contribution in [-0.4, -0.2) is 8.42 Å². The minimum absolute atomic E-state index is 0.133. The third-order valence-corrected chi connectivity index (χ3v) is 5.02. The highest BCUT2D eigenvalue weighted by Crippen LogP contribution is 2.24. The van der Waals surface area contributed by atoms with Crippen molar-refractivity contribution in [2.45, 2.75) is 5.75 Å². The Balaban J connectivity index is 3.10. The van der Waals surface area contributed by atoms with Gasteiger partial charge in [-0.3, -0.25) is 0 Å². The molecule has 1 aromatic carbocycles. The first-order valence-electron chi connectivity index (χ1n) is 3.25. The van der Waals surface area contributed by atoms with Crippen LogP contribution in [0.4, 0.5) is 0 Å². The van der Waals surface area contributed by atoms with Gasteiger partial charge in [0, 0.05) is 18.7 Å². The first-order chi connectivity index (χ1) is 5.90. The number of halogens is 3. The van der Waals surface area contributed by atoms with Crippen molar-refractivity contribution in [2.24, 2.45) is 0 Å². The van der Waals surface area contributed by atoms with Crippen LogP contribution in [0.25, 0.3) is 0 Å². The fraction of sp³-hybridized carbons (Fsp3) is 0.143. The van der Waals surface area contributed by atoms with Gasteiger partial charge in [-0.25, -0.2) is 8.42 Å². The molecule has 2 nitrogen and oxygen atoms in total. The molecule has 1 rings (SSSR count). The summed E-state index contributed by atoms with van der Waals surface area (Å²) in [5.74, 6) is -0.133. The van der Waals surface area contributed by atoms with Crippen molar-refractivity contribution in [3.05, 3.63) is 31.8 Å². The van der Waals surface area contributed by atoms with Crippen molar-refractivity contribution in [3.63, 3.8) is 0 Å². The molecule has 0 saturated heterocycles. The van der Waals surface area contributed by atoms with Gasteiger partial charge >= 0.3 is 0 Å². The van der Waals surface area contributed by atoms with Crippen LogP contribution in [0.15, 0.2) is 22.7 Å². The van der Waals surface area contributed by atoms with E-state index in [0.29, 0.717) is 5.56 Å². The Kier molecular flexibility index (Phi) is 4.03. The van der Waals surface area contributed by atoms with Crippen molar-refractivity contribution >= 4 is 58.3 Å². The minimum atomic E-state index is -3.47. The molecule has 6 heteroatoms. The number of hydrogen-bond acceptors (Lipinski definition) is 2. The van der Waals surface area contributed by atoms with E-state index in [-0.39, 0.29) is 5.75 Å². The molecule has 0 radical (unpaired) electrons. The molecule has 0 fully saturated rings. The number of hydrogen-bond donors (Lipinski definition) is 0. The molecule has 0 unspecified atom stereocenters. The lowest BCUT2D eigenvalue weighted by Crippen LogP contribution is -1.97. The van der Waals surface area contributed by atoms with E-state index in [4.69, 9.17) is 10.7 Å². The van der Waals surface area contributed by atoms with Crippen LogP contribution in [0.2, 0.25) is 0 Å². The Morgan fingerprint density at radius 1 is 1.46 bits per heavy atom. The van der Waals surface area contributed by atoms with E-state index in [9.17, 15) is 8.42 Å². The van der Waals surface area contributed by atoms with Gasteiger partial charge in [0.05, 0.1) is 5.75 Å². The predicted molar refractivity (Wildman–Crippen MR) is 65.3 cm³/mol. The molecule has 1 aromatic rings. The zero-order valence-electron chi connectivity index (χ0n) is 6.30. The van der Waals surface area contributed by atoms with Crippen molar-refractivity contribution in [1.82, 2.24) is 0 Å². The Bertz CT molecular complexity index is 419. The van der Waals surface area contributed by atoms with Gasteiger partial charge in [0.15, 0.2) is 0 Å². The van der Waals surface area contributed by atoms with Gasteiger partial charge in [0.1, 0.15) is 0 Å². The van der Waals surface area contributed by atoms with Gasteiger partial charge in [-0.15, -0.1) is 0 Å². The van der Waals surface area contributed by atoms with Crippen molar-refractivity contribution in [3.8, 4) is 0 Å². The highest BCUT2D eigenvalue weighted by Gasteiger charge is 2.11. The van der Waals surface area contributed by atoms with Crippen LogP contribution >= 0.6 is 49.2 Å². The summed E-state index contributed by atoms with van der Waals surface area (Å²) in [6, 6.07) is 5.38. The van der Waals surface area contributed by atoms with E-state index < -0.39 is 9.05 Å². The average Bonchev–Trinajstić information content (AvgIpc) is 1.96. The summed E-state index contributed by atoms with van der Waals surface area (Å²) >= 11 is 5.38. The lowest BCUT2D eigenvalue weighted by molar-refractivity contribution is 0.609. The molecule has 0 spiro atoms. The molecule has 13 heavy (non-hydrogen) atoms. The van der Waals surface area contributed by atoms with Crippen LogP contribution in [0.5, 0.6) is 0 Å².